The molecule has 4 nitrogen and oxygen atoms in total. The lowest BCUT2D eigenvalue weighted by Crippen LogP contribution is -2.44. The lowest BCUT2D eigenvalue weighted by molar-refractivity contribution is -0.140. The zero-order valence-electron chi connectivity index (χ0n) is 6.37. The van der Waals surface area contributed by atoms with Gasteiger partial charge in [-0.05, 0) is 13.8 Å². The molecule has 0 radical (unpaired) electrons. The Balaban J connectivity index is 2.74. The normalized spacial score (nSPS) is 35.5. The highest BCUT2D eigenvalue weighted by Crippen LogP contribution is 2.36. The van der Waals surface area contributed by atoms with Crippen LogP contribution in [0.4, 0.5) is 0 Å². The molecular weight excluding hydrogens is 166 g/mol. The molecule has 2 atom stereocenters. The van der Waals surface area contributed by atoms with Gasteiger partial charge in [0.25, 0.3) is 0 Å². The number of hydrogen-bond donors (Lipinski definition) is 3. The van der Waals surface area contributed by atoms with Gasteiger partial charge in [0.15, 0.2) is 5.56 Å². The van der Waals surface area contributed by atoms with Crippen LogP contribution in [0.3, 0.4) is 0 Å². The Bertz CT molecular complexity index is 183. The van der Waals surface area contributed by atoms with Gasteiger partial charge in [0, 0.05) is 4.75 Å². The number of thioether (sulfide) groups is 1. The van der Waals surface area contributed by atoms with Crippen LogP contribution in [-0.2, 0) is 4.79 Å². The molecule has 0 bridgehead atoms. The first-order chi connectivity index (χ1) is 4.93. The molecule has 1 heterocycles. The summed E-state index contributed by atoms with van der Waals surface area (Å²) in [5.41, 5.74) is -0.758. The zero-order valence-corrected chi connectivity index (χ0v) is 7.18. The van der Waals surface area contributed by atoms with E-state index in [-0.39, 0.29) is 0 Å². The molecule has 5 heteroatoms. The molecule has 1 fully saturated rings. The Morgan fingerprint density at radius 3 is 2.36 bits per heavy atom. The Labute approximate surface area is 69.0 Å². The van der Waals surface area contributed by atoms with Crippen LogP contribution in [0.5, 0.6) is 0 Å². The van der Waals surface area contributed by atoms with Crippen molar-refractivity contribution in [2.24, 2.45) is 0 Å². The third kappa shape index (κ3) is 1.66. The van der Waals surface area contributed by atoms with E-state index in [0.717, 1.165) is 0 Å². The quantitative estimate of drug-likeness (QED) is 0.519. The smallest absolute Gasteiger partial charge is 0.322 e. The molecule has 1 saturated heterocycles. The van der Waals surface area contributed by atoms with Crippen LogP contribution in [-0.4, -0.2) is 32.5 Å². The molecule has 0 aromatic carbocycles. The molecule has 1 unspecified atom stereocenters. The third-order valence-electron chi connectivity index (χ3n) is 1.67. The van der Waals surface area contributed by atoms with E-state index in [1.54, 1.807) is 13.8 Å². The van der Waals surface area contributed by atoms with Crippen LogP contribution in [0.2, 0.25) is 0 Å². The van der Waals surface area contributed by atoms with E-state index >= 15 is 0 Å². The monoisotopic (exact) mass is 177 g/mol. The van der Waals surface area contributed by atoms with Crippen molar-refractivity contribution in [1.29, 1.82) is 0 Å². The van der Waals surface area contributed by atoms with Crippen molar-refractivity contribution in [3.8, 4) is 0 Å². The van der Waals surface area contributed by atoms with Gasteiger partial charge < -0.3 is 10.2 Å². The van der Waals surface area contributed by atoms with Gasteiger partial charge in [-0.3, -0.25) is 10.1 Å². The fraction of sp³-hybridized carbons (Fsp3) is 0.833. The van der Waals surface area contributed by atoms with E-state index in [1.165, 1.54) is 11.8 Å². The van der Waals surface area contributed by atoms with E-state index < -0.39 is 22.3 Å². The number of carboxylic acid groups (broad SMARTS) is 1. The summed E-state index contributed by atoms with van der Waals surface area (Å²) in [4.78, 5) is 10.6. The zero-order chi connectivity index (χ0) is 8.65. The third-order valence-corrected chi connectivity index (χ3v) is 2.87. The van der Waals surface area contributed by atoms with Gasteiger partial charge in [0.1, 0.15) is 6.04 Å². The summed E-state index contributed by atoms with van der Waals surface area (Å²) in [5.74, 6) is -0.918. The van der Waals surface area contributed by atoms with Crippen LogP contribution in [0.1, 0.15) is 13.8 Å². The number of nitrogens with one attached hydrogen (secondary N) is 1. The topological polar surface area (TPSA) is 69.6 Å². The number of aliphatic hydroxyl groups is 1. The summed E-state index contributed by atoms with van der Waals surface area (Å²) < 4.78 is -0.439. The summed E-state index contributed by atoms with van der Waals surface area (Å²) in [7, 11) is 0. The maximum atomic E-state index is 10.6. The summed E-state index contributed by atoms with van der Waals surface area (Å²) in [5, 5.41) is 20.3. The van der Waals surface area contributed by atoms with E-state index in [9.17, 15) is 4.79 Å². The number of rotatable bonds is 1. The second kappa shape index (κ2) is 2.66. The predicted octanol–water partition coefficient (Wildman–Crippen LogP) is -0.170. The molecule has 3 N–H and O–H groups in total. The van der Waals surface area contributed by atoms with Gasteiger partial charge >= 0.3 is 5.97 Å². The van der Waals surface area contributed by atoms with E-state index in [1.807, 2.05) is 0 Å². The van der Waals surface area contributed by atoms with Gasteiger partial charge in [0.2, 0.25) is 0 Å². The molecule has 11 heavy (non-hydrogen) atoms. The molecule has 1 aliphatic rings. The first kappa shape index (κ1) is 8.83. The molecule has 1 rings (SSSR count). The minimum absolute atomic E-state index is 0.439. The number of aliphatic carboxylic acids is 1. The maximum absolute atomic E-state index is 10.6. The summed E-state index contributed by atoms with van der Waals surface area (Å²) in [6.45, 7) is 3.58. The highest BCUT2D eigenvalue weighted by atomic mass is 32.2. The second-order valence-corrected chi connectivity index (χ2v) is 4.75. The Morgan fingerprint density at radius 2 is 2.18 bits per heavy atom. The summed E-state index contributed by atoms with van der Waals surface area (Å²) in [6.07, 6.45) is 0. The number of aliphatic hydroxyl groups excluding tert-OH is 1. The van der Waals surface area contributed by atoms with Crippen molar-refractivity contribution >= 4 is 17.7 Å². The molecule has 0 amide bonds. The minimum atomic E-state index is -0.918. The average molecular weight is 177 g/mol. The first-order valence-electron chi connectivity index (χ1n) is 3.28. The fourth-order valence-corrected chi connectivity index (χ4v) is 2.19. The Hall–Kier alpha value is -0.260. The van der Waals surface area contributed by atoms with Gasteiger partial charge in [-0.2, -0.15) is 0 Å². The molecule has 0 saturated carbocycles. The number of hydrogen-bond acceptors (Lipinski definition) is 4. The van der Waals surface area contributed by atoms with Crippen LogP contribution in [0.15, 0.2) is 0 Å². The molecule has 0 aliphatic carbocycles. The molecule has 0 aromatic rings. The predicted molar refractivity (Wildman–Crippen MR) is 42.2 cm³/mol. The number of carboxylic acids is 1. The summed E-state index contributed by atoms with van der Waals surface area (Å²) >= 11 is 1.22. The standard InChI is InChI=1S/C6H11NO3S/c1-6(2)3(4(8)9)7-5(10)11-6/h3,5,7,10H,1-2H3,(H,8,9)/t3-,5?/m0/s1. The molecule has 0 spiro atoms. The van der Waals surface area contributed by atoms with Gasteiger partial charge in [-0.15, -0.1) is 11.8 Å². The Morgan fingerprint density at radius 1 is 1.64 bits per heavy atom. The van der Waals surface area contributed by atoms with Crippen molar-refractivity contribution in [2.45, 2.75) is 30.2 Å². The number of carbonyl (C=O) groups is 1. The van der Waals surface area contributed by atoms with Crippen molar-refractivity contribution in [1.82, 2.24) is 5.32 Å². The van der Waals surface area contributed by atoms with E-state index in [4.69, 9.17) is 10.2 Å². The van der Waals surface area contributed by atoms with Crippen molar-refractivity contribution in [3.63, 3.8) is 0 Å². The highest BCUT2D eigenvalue weighted by Gasteiger charge is 2.44. The fourth-order valence-electron chi connectivity index (χ4n) is 1.10. The van der Waals surface area contributed by atoms with E-state index in [2.05, 4.69) is 5.32 Å². The Kier molecular flexibility index (Phi) is 2.13. The second-order valence-electron chi connectivity index (χ2n) is 3.01. The van der Waals surface area contributed by atoms with Crippen LogP contribution < -0.4 is 5.32 Å². The minimum Gasteiger partial charge on any atom is -0.480 e. The van der Waals surface area contributed by atoms with Crippen molar-refractivity contribution < 1.29 is 15.0 Å². The molecular formula is C6H11NO3S. The molecule has 64 valence electrons. The van der Waals surface area contributed by atoms with Crippen LogP contribution in [0, 0.1) is 0 Å². The van der Waals surface area contributed by atoms with E-state index in [0.29, 0.717) is 0 Å². The van der Waals surface area contributed by atoms with Crippen molar-refractivity contribution in [2.75, 3.05) is 0 Å². The SMILES string of the molecule is CC1(C)SC(O)N[C@H]1C(=O)O. The lowest BCUT2D eigenvalue weighted by atomic mass is 10.0. The largest absolute Gasteiger partial charge is 0.480 e. The average Bonchev–Trinajstić information content (AvgIpc) is 2.04. The summed E-state index contributed by atoms with van der Waals surface area (Å²) in [6, 6.07) is -0.664. The van der Waals surface area contributed by atoms with Gasteiger partial charge in [-0.25, -0.2) is 0 Å². The van der Waals surface area contributed by atoms with Crippen LogP contribution in [0.25, 0.3) is 0 Å². The van der Waals surface area contributed by atoms with Crippen molar-refractivity contribution in [3.05, 3.63) is 0 Å². The lowest BCUT2D eigenvalue weighted by Gasteiger charge is -2.20. The maximum Gasteiger partial charge on any atom is 0.322 e. The molecule has 0 aromatic heterocycles. The highest BCUT2D eigenvalue weighted by molar-refractivity contribution is 8.01. The van der Waals surface area contributed by atoms with Gasteiger partial charge in [0.05, 0.1) is 0 Å². The van der Waals surface area contributed by atoms with Crippen LogP contribution >= 0.6 is 11.8 Å². The van der Waals surface area contributed by atoms with Gasteiger partial charge in [-0.1, -0.05) is 0 Å². The first-order valence-corrected chi connectivity index (χ1v) is 4.16. The molecule has 1 aliphatic heterocycles.